The van der Waals surface area contributed by atoms with Crippen molar-refractivity contribution in [3.8, 4) is 0 Å². The van der Waals surface area contributed by atoms with Gasteiger partial charge in [-0.05, 0) is 49.6 Å². The van der Waals surface area contributed by atoms with E-state index < -0.39 is 0 Å². The zero-order valence-corrected chi connectivity index (χ0v) is 13.1. The molecule has 3 heteroatoms. The summed E-state index contributed by atoms with van der Waals surface area (Å²) in [5.41, 5.74) is 2.76. The van der Waals surface area contributed by atoms with Gasteiger partial charge in [0.05, 0.1) is 0 Å². The molecule has 0 aliphatic carbocycles. The molecule has 0 bridgehead atoms. The third-order valence-electron chi connectivity index (χ3n) is 4.33. The van der Waals surface area contributed by atoms with E-state index in [-0.39, 0.29) is 0 Å². The van der Waals surface area contributed by atoms with Crippen LogP contribution in [-0.2, 0) is 6.54 Å². The second kappa shape index (κ2) is 5.68. The maximum absolute atomic E-state index is 3.62. The first-order valence-corrected chi connectivity index (χ1v) is 7.97. The molecule has 0 spiro atoms. The first kappa shape index (κ1) is 13.2. The van der Waals surface area contributed by atoms with Gasteiger partial charge in [0.15, 0.2) is 0 Å². The predicted molar refractivity (Wildman–Crippen MR) is 83.9 cm³/mol. The molecular weight excluding hydrogens is 300 g/mol. The van der Waals surface area contributed by atoms with Crippen LogP contribution in [0.1, 0.15) is 30.9 Å². The van der Waals surface area contributed by atoms with E-state index in [1.165, 1.54) is 41.5 Å². The number of likely N-dealkylation sites (tertiary alicyclic amines) is 1. The summed E-state index contributed by atoms with van der Waals surface area (Å²) in [5, 5.41) is 0. The van der Waals surface area contributed by atoms with Gasteiger partial charge in [-0.3, -0.25) is 4.90 Å². The van der Waals surface area contributed by atoms with Gasteiger partial charge in [-0.15, -0.1) is 0 Å². The highest BCUT2D eigenvalue weighted by Gasteiger charge is 2.20. The van der Waals surface area contributed by atoms with Crippen LogP contribution in [-0.4, -0.2) is 35.5 Å². The Hall–Kier alpha value is -0.800. The van der Waals surface area contributed by atoms with E-state index in [4.69, 9.17) is 0 Å². The van der Waals surface area contributed by atoms with Gasteiger partial charge in [-0.2, -0.15) is 0 Å². The van der Waals surface area contributed by atoms with E-state index in [9.17, 15) is 0 Å². The zero-order chi connectivity index (χ0) is 13.2. The van der Waals surface area contributed by atoms with Crippen molar-refractivity contribution < 1.29 is 0 Å². The van der Waals surface area contributed by atoms with Crippen LogP contribution in [0.25, 0.3) is 6.08 Å². The summed E-state index contributed by atoms with van der Waals surface area (Å²) in [7, 11) is 0. The van der Waals surface area contributed by atoms with E-state index in [2.05, 4.69) is 63.1 Å². The molecular formula is C16H21BrN2. The van der Waals surface area contributed by atoms with Gasteiger partial charge >= 0.3 is 0 Å². The van der Waals surface area contributed by atoms with Crippen molar-refractivity contribution >= 4 is 22.0 Å². The molecule has 0 N–H and O–H groups in total. The number of hydrogen-bond acceptors (Lipinski definition) is 2. The van der Waals surface area contributed by atoms with Crippen molar-refractivity contribution in [2.75, 3.05) is 19.6 Å². The Morgan fingerprint density at radius 1 is 1.32 bits per heavy atom. The Labute approximate surface area is 124 Å². The molecule has 2 heterocycles. The minimum absolute atomic E-state index is 0.773. The average molecular weight is 321 g/mol. The molecule has 102 valence electrons. The Balaban J connectivity index is 1.61. The van der Waals surface area contributed by atoms with Crippen LogP contribution < -0.4 is 0 Å². The molecule has 2 nitrogen and oxygen atoms in total. The lowest BCUT2D eigenvalue weighted by atomic mass is 10.0. The Kier molecular flexibility index (Phi) is 3.94. The predicted octanol–water partition coefficient (Wildman–Crippen LogP) is 3.72. The molecule has 0 unspecified atom stereocenters. The molecule has 0 amide bonds. The highest BCUT2D eigenvalue weighted by molar-refractivity contribution is 9.10. The van der Waals surface area contributed by atoms with Gasteiger partial charge in [-0.25, -0.2) is 0 Å². The molecule has 1 aromatic carbocycles. The SMILES string of the molecule is C[C@@H]1CCCN1CCN1C=Cc2c(Br)cccc2C1. The Morgan fingerprint density at radius 2 is 2.21 bits per heavy atom. The molecule has 1 saturated heterocycles. The fourth-order valence-corrected chi connectivity index (χ4v) is 3.63. The second-order valence-electron chi connectivity index (χ2n) is 5.63. The third kappa shape index (κ3) is 2.87. The molecule has 1 aromatic rings. The molecule has 2 aliphatic rings. The summed E-state index contributed by atoms with van der Waals surface area (Å²) in [4.78, 5) is 5.05. The highest BCUT2D eigenvalue weighted by atomic mass is 79.9. The summed E-state index contributed by atoms with van der Waals surface area (Å²) in [5.74, 6) is 0. The van der Waals surface area contributed by atoms with Crippen LogP contribution in [0, 0.1) is 0 Å². The maximum atomic E-state index is 3.62. The first-order chi connectivity index (χ1) is 9.24. The summed E-state index contributed by atoms with van der Waals surface area (Å²) in [6.45, 7) is 6.99. The smallest absolute Gasteiger partial charge is 0.0430 e. The van der Waals surface area contributed by atoms with E-state index in [0.717, 1.165) is 19.1 Å². The van der Waals surface area contributed by atoms with Crippen LogP contribution >= 0.6 is 15.9 Å². The van der Waals surface area contributed by atoms with E-state index >= 15 is 0 Å². The number of hydrogen-bond donors (Lipinski definition) is 0. The lowest BCUT2D eigenvalue weighted by molar-refractivity contribution is 0.229. The summed E-state index contributed by atoms with van der Waals surface area (Å²) in [6.07, 6.45) is 7.21. The molecule has 0 aromatic heterocycles. The van der Waals surface area contributed by atoms with Crippen molar-refractivity contribution in [2.24, 2.45) is 0 Å². The summed E-state index contributed by atoms with van der Waals surface area (Å²) >= 11 is 3.62. The minimum Gasteiger partial charge on any atom is -0.372 e. The van der Waals surface area contributed by atoms with Crippen molar-refractivity contribution in [1.29, 1.82) is 0 Å². The molecule has 3 rings (SSSR count). The molecule has 2 aliphatic heterocycles. The fourth-order valence-electron chi connectivity index (χ4n) is 3.09. The van der Waals surface area contributed by atoms with E-state index in [0.29, 0.717) is 0 Å². The number of benzene rings is 1. The number of halogens is 1. The van der Waals surface area contributed by atoms with Crippen molar-refractivity contribution in [2.45, 2.75) is 32.4 Å². The first-order valence-electron chi connectivity index (χ1n) is 7.18. The number of fused-ring (bicyclic) bond motifs is 1. The Bertz CT molecular complexity index is 484. The topological polar surface area (TPSA) is 6.48 Å². The molecule has 1 fully saturated rings. The van der Waals surface area contributed by atoms with Crippen molar-refractivity contribution in [1.82, 2.24) is 9.80 Å². The normalized spacial score (nSPS) is 22.8. The molecule has 0 saturated carbocycles. The monoisotopic (exact) mass is 320 g/mol. The third-order valence-corrected chi connectivity index (χ3v) is 5.03. The van der Waals surface area contributed by atoms with Crippen LogP contribution in [0.3, 0.4) is 0 Å². The maximum Gasteiger partial charge on any atom is 0.0430 e. The standard InChI is InChI=1S/C16H21BrN2/c1-13-4-3-8-19(13)11-10-18-9-7-15-14(12-18)5-2-6-16(15)17/h2,5-7,9,13H,3-4,8,10-12H2,1H3/t13-/m1/s1. The molecule has 19 heavy (non-hydrogen) atoms. The van der Waals surface area contributed by atoms with Crippen LogP contribution in [0.15, 0.2) is 28.9 Å². The fraction of sp³-hybridized carbons (Fsp3) is 0.500. The molecule has 1 atom stereocenters. The quantitative estimate of drug-likeness (QED) is 0.837. The van der Waals surface area contributed by atoms with Gasteiger partial charge in [0.2, 0.25) is 0 Å². The van der Waals surface area contributed by atoms with Crippen molar-refractivity contribution in [3.63, 3.8) is 0 Å². The highest BCUT2D eigenvalue weighted by Crippen LogP contribution is 2.27. The van der Waals surface area contributed by atoms with Crippen molar-refractivity contribution in [3.05, 3.63) is 40.0 Å². The molecule has 0 radical (unpaired) electrons. The van der Waals surface area contributed by atoms with Gasteiger partial charge in [0, 0.05) is 36.3 Å². The number of rotatable bonds is 3. The summed E-state index contributed by atoms with van der Waals surface area (Å²) in [6, 6.07) is 7.25. The van der Waals surface area contributed by atoms with Gasteiger partial charge < -0.3 is 4.90 Å². The second-order valence-corrected chi connectivity index (χ2v) is 6.48. The van der Waals surface area contributed by atoms with Crippen LogP contribution in [0.4, 0.5) is 0 Å². The lowest BCUT2D eigenvalue weighted by Crippen LogP contribution is -2.35. The van der Waals surface area contributed by atoms with Gasteiger partial charge in [0.1, 0.15) is 0 Å². The average Bonchev–Trinajstić information content (AvgIpc) is 2.82. The van der Waals surface area contributed by atoms with Gasteiger partial charge in [-0.1, -0.05) is 28.1 Å². The van der Waals surface area contributed by atoms with E-state index in [1.54, 1.807) is 0 Å². The zero-order valence-electron chi connectivity index (χ0n) is 11.5. The van der Waals surface area contributed by atoms with Crippen LogP contribution in [0.2, 0.25) is 0 Å². The lowest BCUT2D eigenvalue weighted by Gasteiger charge is -2.29. The Morgan fingerprint density at radius 3 is 3.00 bits per heavy atom. The van der Waals surface area contributed by atoms with Gasteiger partial charge in [0.25, 0.3) is 0 Å². The van der Waals surface area contributed by atoms with E-state index in [1.807, 2.05) is 0 Å². The minimum atomic E-state index is 0.773. The largest absolute Gasteiger partial charge is 0.372 e. The number of nitrogens with zero attached hydrogens (tertiary/aromatic N) is 2. The van der Waals surface area contributed by atoms with Crippen LogP contribution in [0.5, 0.6) is 0 Å². The summed E-state index contributed by atoms with van der Waals surface area (Å²) < 4.78 is 1.20.